The molecule has 142 valence electrons. The van der Waals surface area contributed by atoms with Crippen LogP contribution < -0.4 is 10.2 Å². The lowest BCUT2D eigenvalue weighted by molar-refractivity contribution is -0.189. The minimum absolute atomic E-state index is 0.0156. The number of benzene rings is 1. The van der Waals surface area contributed by atoms with E-state index in [2.05, 4.69) is 21.2 Å². The van der Waals surface area contributed by atoms with Crippen LogP contribution in [0.1, 0.15) is 32.1 Å². The molecule has 2 fully saturated rings. The second-order valence-electron chi connectivity index (χ2n) is 6.93. The van der Waals surface area contributed by atoms with Crippen LogP contribution in [0.5, 0.6) is 0 Å². The van der Waals surface area contributed by atoms with E-state index in [1.54, 1.807) is 18.2 Å². The highest BCUT2D eigenvalue weighted by Crippen LogP contribution is 2.38. The lowest BCUT2D eigenvalue weighted by atomic mass is 9.83. The van der Waals surface area contributed by atoms with Crippen molar-refractivity contribution in [1.29, 1.82) is 0 Å². The molecule has 0 spiro atoms. The van der Waals surface area contributed by atoms with Gasteiger partial charge in [-0.25, -0.2) is 0 Å². The number of amides is 2. The van der Waals surface area contributed by atoms with Gasteiger partial charge in [0.2, 0.25) is 11.8 Å². The number of rotatable bonds is 3. The third-order valence-corrected chi connectivity index (χ3v) is 5.62. The quantitative estimate of drug-likeness (QED) is 0.783. The second-order valence-corrected chi connectivity index (χ2v) is 7.85. The summed E-state index contributed by atoms with van der Waals surface area (Å²) in [5.41, 5.74) is 0.672. The highest BCUT2D eigenvalue weighted by atomic mass is 79.9. The zero-order valence-electron chi connectivity index (χ0n) is 14.1. The third kappa shape index (κ3) is 4.22. The Morgan fingerprint density at radius 2 is 1.96 bits per heavy atom. The number of hydrogen-bond acceptors (Lipinski definition) is 2. The number of halogens is 4. The lowest BCUT2D eigenvalue weighted by Crippen LogP contribution is -2.49. The Kier molecular flexibility index (Phi) is 5.60. The molecule has 1 N–H and O–H groups in total. The number of nitrogens with zero attached hydrogens (tertiary/aromatic N) is 1. The SMILES string of the molecule is O=C(NC1CCCCC1C(F)(F)F)C1CC(=O)N(c2cccc(Br)c2)C1. The predicted octanol–water partition coefficient (Wildman–Crippen LogP) is 4.04. The van der Waals surface area contributed by atoms with Gasteiger partial charge in [0.25, 0.3) is 0 Å². The lowest BCUT2D eigenvalue weighted by Gasteiger charge is -2.34. The van der Waals surface area contributed by atoms with E-state index in [0.717, 1.165) is 4.47 Å². The number of alkyl halides is 3. The minimum Gasteiger partial charge on any atom is -0.352 e. The van der Waals surface area contributed by atoms with E-state index in [1.807, 2.05) is 6.07 Å². The molecular formula is C18H20BrF3N2O2. The van der Waals surface area contributed by atoms with Crippen LogP contribution in [0.3, 0.4) is 0 Å². The maximum absolute atomic E-state index is 13.2. The van der Waals surface area contributed by atoms with Crippen LogP contribution in [0.25, 0.3) is 0 Å². The van der Waals surface area contributed by atoms with Crippen LogP contribution in [-0.4, -0.2) is 30.6 Å². The Balaban J connectivity index is 1.66. The molecule has 4 nitrogen and oxygen atoms in total. The molecule has 3 unspecified atom stereocenters. The number of anilines is 1. The van der Waals surface area contributed by atoms with Crippen LogP contribution in [-0.2, 0) is 9.59 Å². The van der Waals surface area contributed by atoms with Crippen LogP contribution >= 0.6 is 15.9 Å². The Morgan fingerprint density at radius 1 is 1.23 bits per heavy atom. The smallest absolute Gasteiger partial charge is 0.352 e. The van der Waals surface area contributed by atoms with Crippen molar-refractivity contribution in [2.24, 2.45) is 11.8 Å². The highest BCUT2D eigenvalue weighted by molar-refractivity contribution is 9.10. The number of nitrogens with one attached hydrogen (secondary N) is 1. The first-order valence-corrected chi connectivity index (χ1v) is 9.48. The zero-order valence-corrected chi connectivity index (χ0v) is 15.6. The summed E-state index contributed by atoms with van der Waals surface area (Å²) in [4.78, 5) is 26.3. The highest BCUT2D eigenvalue weighted by Gasteiger charge is 2.47. The van der Waals surface area contributed by atoms with Gasteiger partial charge in [-0.2, -0.15) is 13.2 Å². The van der Waals surface area contributed by atoms with Gasteiger partial charge in [0.1, 0.15) is 0 Å². The van der Waals surface area contributed by atoms with E-state index in [-0.39, 0.29) is 25.3 Å². The molecule has 8 heteroatoms. The molecule has 3 atom stereocenters. The Bertz CT molecular complexity index is 695. The summed E-state index contributed by atoms with van der Waals surface area (Å²) in [6, 6.07) is 6.26. The van der Waals surface area contributed by atoms with Gasteiger partial charge in [-0.3, -0.25) is 9.59 Å². The molecule has 1 aromatic rings. The van der Waals surface area contributed by atoms with Gasteiger partial charge in [-0.1, -0.05) is 34.8 Å². The molecule has 1 heterocycles. The summed E-state index contributed by atoms with van der Waals surface area (Å²) in [6.45, 7) is 0.185. The molecule has 1 aliphatic heterocycles. The molecule has 2 amide bonds. The van der Waals surface area contributed by atoms with Gasteiger partial charge in [0, 0.05) is 29.2 Å². The van der Waals surface area contributed by atoms with Gasteiger partial charge in [-0.05, 0) is 31.0 Å². The van der Waals surface area contributed by atoms with Crippen molar-refractivity contribution in [2.45, 2.75) is 44.3 Å². The fourth-order valence-corrected chi connectivity index (χ4v) is 4.16. The Hall–Kier alpha value is -1.57. The normalized spacial score (nSPS) is 26.8. The van der Waals surface area contributed by atoms with Crippen molar-refractivity contribution in [3.63, 3.8) is 0 Å². The fraction of sp³-hybridized carbons (Fsp3) is 0.556. The number of carbonyl (C=O) groups excluding carboxylic acids is 2. The number of hydrogen-bond donors (Lipinski definition) is 1. The van der Waals surface area contributed by atoms with Gasteiger partial charge >= 0.3 is 6.18 Å². The summed E-state index contributed by atoms with van der Waals surface area (Å²) in [6.07, 6.45) is -2.73. The van der Waals surface area contributed by atoms with Gasteiger partial charge in [-0.15, -0.1) is 0 Å². The predicted molar refractivity (Wildman–Crippen MR) is 94.5 cm³/mol. The van der Waals surface area contributed by atoms with Crippen LogP contribution in [0, 0.1) is 11.8 Å². The van der Waals surface area contributed by atoms with Crippen molar-refractivity contribution >= 4 is 33.4 Å². The zero-order chi connectivity index (χ0) is 18.9. The first-order chi connectivity index (χ1) is 12.3. The van der Waals surface area contributed by atoms with Crippen molar-refractivity contribution in [3.05, 3.63) is 28.7 Å². The fourth-order valence-electron chi connectivity index (χ4n) is 3.77. The summed E-state index contributed by atoms with van der Waals surface area (Å²) in [7, 11) is 0. The molecule has 0 aromatic heterocycles. The van der Waals surface area contributed by atoms with Crippen molar-refractivity contribution in [1.82, 2.24) is 5.32 Å². The first kappa shape index (κ1) is 19.2. The second kappa shape index (κ2) is 7.58. The third-order valence-electron chi connectivity index (χ3n) is 5.13. The van der Waals surface area contributed by atoms with Crippen molar-refractivity contribution in [2.75, 3.05) is 11.4 Å². The largest absolute Gasteiger partial charge is 0.393 e. The number of carbonyl (C=O) groups is 2. The van der Waals surface area contributed by atoms with Gasteiger partial charge in [0.15, 0.2) is 0 Å². The van der Waals surface area contributed by atoms with E-state index in [9.17, 15) is 22.8 Å². The van der Waals surface area contributed by atoms with Crippen LogP contribution in [0.4, 0.5) is 18.9 Å². The van der Waals surface area contributed by atoms with E-state index < -0.39 is 30.0 Å². The molecule has 1 saturated heterocycles. The summed E-state index contributed by atoms with van der Waals surface area (Å²) < 4.78 is 40.4. The molecule has 0 bridgehead atoms. The average Bonchev–Trinajstić information content (AvgIpc) is 2.96. The van der Waals surface area contributed by atoms with Crippen LogP contribution in [0.15, 0.2) is 28.7 Å². The molecule has 2 aliphatic rings. The molecule has 0 radical (unpaired) electrons. The van der Waals surface area contributed by atoms with Crippen molar-refractivity contribution in [3.8, 4) is 0 Å². The van der Waals surface area contributed by atoms with Crippen molar-refractivity contribution < 1.29 is 22.8 Å². The summed E-state index contributed by atoms with van der Waals surface area (Å²) in [5.74, 6) is -2.79. The summed E-state index contributed by atoms with van der Waals surface area (Å²) >= 11 is 3.34. The minimum atomic E-state index is -4.31. The van der Waals surface area contributed by atoms with Gasteiger partial charge < -0.3 is 10.2 Å². The molecule has 1 aliphatic carbocycles. The van der Waals surface area contributed by atoms with E-state index in [0.29, 0.717) is 24.9 Å². The topological polar surface area (TPSA) is 49.4 Å². The van der Waals surface area contributed by atoms with E-state index in [4.69, 9.17) is 0 Å². The maximum atomic E-state index is 13.2. The summed E-state index contributed by atoms with van der Waals surface area (Å²) in [5, 5.41) is 2.57. The molecule has 1 saturated carbocycles. The Morgan fingerprint density at radius 3 is 2.65 bits per heavy atom. The van der Waals surface area contributed by atoms with Crippen LogP contribution in [0.2, 0.25) is 0 Å². The Labute approximate surface area is 158 Å². The molecular weight excluding hydrogens is 413 g/mol. The maximum Gasteiger partial charge on any atom is 0.393 e. The van der Waals surface area contributed by atoms with Gasteiger partial charge in [0.05, 0.1) is 11.8 Å². The molecule has 1 aromatic carbocycles. The first-order valence-electron chi connectivity index (χ1n) is 8.68. The monoisotopic (exact) mass is 432 g/mol. The average molecular weight is 433 g/mol. The molecule has 3 rings (SSSR count). The standard InChI is InChI=1S/C18H20BrF3N2O2/c19-12-4-3-5-13(9-12)24-10-11(8-16(24)25)17(26)23-15-7-2-1-6-14(15)18(20,21)22/h3-5,9,11,14-15H,1-2,6-8,10H2,(H,23,26). The van der Waals surface area contributed by atoms with E-state index in [1.165, 1.54) is 4.90 Å². The molecule has 26 heavy (non-hydrogen) atoms. The van der Waals surface area contributed by atoms with E-state index >= 15 is 0 Å².